The van der Waals surface area contributed by atoms with E-state index in [1.54, 1.807) is 11.8 Å². The number of aliphatic imine (C=N–C) groups is 1. The van der Waals surface area contributed by atoms with Crippen molar-refractivity contribution in [2.45, 2.75) is 17.7 Å². The van der Waals surface area contributed by atoms with Gasteiger partial charge in [-0.25, -0.2) is 0 Å². The van der Waals surface area contributed by atoms with Gasteiger partial charge in [0.15, 0.2) is 0 Å². The van der Waals surface area contributed by atoms with Gasteiger partial charge in [0, 0.05) is 5.25 Å². The number of alkyl halides is 1. The number of hydrogen-bond acceptors (Lipinski definition) is 2. The van der Waals surface area contributed by atoms with Crippen LogP contribution in [0.5, 0.6) is 0 Å². The van der Waals surface area contributed by atoms with Crippen molar-refractivity contribution in [3.8, 4) is 0 Å². The Labute approximate surface area is 52.1 Å². The van der Waals surface area contributed by atoms with Crippen molar-refractivity contribution >= 4 is 28.9 Å². The second-order valence-electron chi connectivity index (χ2n) is 1.47. The van der Waals surface area contributed by atoms with E-state index in [9.17, 15) is 0 Å². The monoisotopic (exact) mass is 135 g/mol. The molecule has 0 aromatic rings. The topological polar surface area (TPSA) is 12.4 Å². The van der Waals surface area contributed by atoms with Crippen LogP contribution in [-0.2, 0) is 0 Å². The zero-order valence-corrected chi connectivity index (χ0v) is 5.54. The molecule has 1 nitrogen and oxygen atoms in total. The molecule has 2 unspecified atom stereocenters. The number of halogens is 1. The molecule has 3 heteroatoms. The minimum Gasteiger partial charge on any atom is -0.266 e. The summed E-state index contributed by atoms with van der Waals surface area (Å²) in [7, 11) is 0. The molecule has 0 saturated heterocycles. The zero-order chi connectivity index (χ0) is 5.28. The Morgan fingerprint density at radius 3 is 2.71 bits per heavy atom. The molecule has 1 aliphatic rings. The Morgan fingerprint density at radius 2 is 2.57 bits per heavy atom. The number of hydrogen-bond donors (Lipinski definition) is 0. The summed E-state index contributed by atoms with van der Waals surface area (Å²) in [6.07, 6.45) is 0. The smallest absolute Gasteiger partial charge is 0.136 e. The van der Waals surface area contributed by atoms with E-state index in [1.807, 2.05) is 5.55 Å². The Hall–Kier alpha value is 0.310. The standard InChI is InChI=1S/C4H6ClNS/c1-3-4(5)6-2-7-3/h2-4H,1H3. The number of rotatable bonds is 0. The van der Waals surface area contributed by atoms with Gasteiger partial charge in [0.2, 0.25) is 0 Å². The van der Waals surface area contributed by atoms with Crippen molar-refractivity contribution in [1.29, 1.82) is 0 Å². The minimum atomic E-state index is 0.0185. The molecule has 0 radical (unpaired) electrons. The SMILES string of the molecule is CC1SC=NC1Cl. The molecule has 40 valence electrons. The van der Waals surface area contributed by atoms with E-state index in [4.69, 9.17) is 11.6 Å². The van der Waals surface area contributed by atoms with Crippen LogP contribution in [0.25, 0.3) is 0 Å². The van der Waals surface area contributed by atoms with Gasteiger partial charge in [-0.2, -0.15) is 0 Å². The lowest BCUT2D eigenvalue weighted by molar-refractivity contribution is 0.901. The van der Waals surface area contributed by atoms with Crippen molar-refractivity contribution in [3.05, 3.63) is 0 Å². The average Bonchev–Trinajstić information content (AvgIpc) is 1.91. The normalized spacial score (nSPS) is 39.7. The first-order valence-corrected chi connectivity index (χ1v) is 3.50. The van der Waals surface area contributed by atoms with Crippen LogP contribution < -0.4 is 0 Å². The van der Waals surface area contributed by atoms with Crippen molar-refractivity contribution < 1.29 is 0 Å². The maximum absolute atomic E-state index is 5.64. The van der Waals surface area contributed by atoms with E-state index in [0.29, 0.717) is 5.25 Å². The third-order valence-corrected chi connectivity index (χ3v) is 2.44. The van der Waals surface area contributed by atoms with Crippen LogP contribution in [0.2, 0.25) is 0 Å². The molecule has 2 atom stereocenters. The van der Waals surface area contributed by atoms with Crippen LogP contribution >= 0.6 is 23.4 Å². The first kappa shape index (κ1) is 5.45. The highest BCUT2D eigenvalue weighted by Gasteiger charge is 2.16. The Balaban J connectivity index is 2.45. The number of nitrogens with zero attached hydrogens (tertiary/aromatic N) is 1. The summed E-state index contributed by atoms with van der Waals surface area (Å²) >= 11 is 7.33. The molecule has 1 heterocycles. The molecule has 0 aliphatic carbocycles. The molecule has 0 N–H and O–H groups in total. The summed E-state index contributed by atoms with van der Waals surface area (Å²) in [5.74, 6) is 0. The predicted molar refractivity (Wildman–Crippen MR) is 35.2 cm³/mol. The minimum absolute atomic E-state index is 0.0185. The van der Waals surface area contributed by atoms with Gasteiger partial charge in [-0.05, 0) is 6.92 Å². The van der Waals surface area contributed by atoms with Crippen LogP contribution in [0, 0.1) is 0 Å². The predicted octanol–water partition coefficient (Wildman–Crippen LogP) is 1.71. The van der Waals surface area contributed by atoms with Crippen molar-refractivity contribution in [3.63, 3.8) is 0 Å². The summed E-state index contributed by atoms with van der Waals surface area (Å²) < 4.78 is 0. The van der Waals surface area contributed by atoms with Crippen molar-refractivity contribution in [2.75, 3.05) is 0 Å². The molecular weight excluding hydrogens is 130 g/mol. The second kappa shape index (κ2) is 2.05. The van der Waals surface area contributed by atoms with Crippen LogP contribution in [0.1, 0.15) is 6.92 Å². The fraction of sp³-hybridized carbons (Fsp3) is 0.750. The summed E-state index contributed by atoms with van der Waals surface area (Å²) in [5.41, 5.74) is 1.83. The summed E-state index contributed by atoms with van der Waals surface area (Å²) in [6.45, 7) is 2.06. The van der Waals surface area contributed by atoms with Gasteiger partial charge in [-0.1, -0.05) is 11.6 Å². The molecule has 0 fully saturated rings. The molecule has 7 heavy (non-hydrogen) atoms. The van der Waals surface area contributed by atoms with Crippen LogP contribution in [0.3, 0.4) is 0 Å². The molecule has 1 aliphatic heterocycles. The fourth-order valence-corrected chi connectivity index (χ4v) is 1.27. The molecule has 1 rings (SSSR count). The van der Waals surface area contributed by atoms with Crippen molar-refractivity contribution in [1.82, 2.24) is 0 Å². The molecule has 0 saturated carbocycles. The molecule has 0 aromatic heterocycles. The van der Waals surface area contributed by atoms with Crippen LogP contribution in [0.4, 0.5) is 0 Å². The quantitative estimate of drug-likeness (QED) is 0.364. The lowest BCUT2D eigenvalue weighted by Crippen LogP contribution is -2.03. The van der Waals surface area contributed by atoms with Gasteiger partial charge in [0.05, 0.1) is 5.55 Å². The van der Waals surface area contributed by atoms with E-state index < -0.39 is 0 Å². The Kier molecular flexibility index (Phi) is 1.60. The molecule has 0 amide bonds. The van der Waals surface area contributed by atoms with E-state index in [1.165, 1.54) is 0 Å². The van der Waals surface area contributed by atoms with Crippen LogP contribution in [0.15, 0.2) is 4.99 Å². The molecule has 0 aromatic carbocycles. The highest BCUT2D eigenvalue weighted by atomic mass is 35.5. The molecule has 0 spiro atoms. The Bertz CT molecular complexity index is 93.7. The third-order valence-electron chi connectivity index (χ3n) is 0.866. The van der Waals surface area contributed by atoms with Gasteiger partial charge in [0.25, 0.3) is 0 Å². The summed E-state index contributed by atoms with van der Waals surface area (Å²) in [4.78, 5) is 3.92. The second-order valence-corrected chi connectivity index (χ2v) is 3.14. The summed E-state index contributed by atoms with van der Waals surface area (Å²) in [5, 5.41) is 0.474. The first-order valence-electron chi connectivity index (χ1n) is 2.12. The zero-order valence-electron chi connectivity index (χ0n) is 3.97. The van der Waals surface area contributed by atoms with E-state index >= 15 is 0 Å². The average molecular weight is 136 g/mol. The van der Waals surface area contributed by atoms with E-state index in [0.717, 1.165) is 0 Å². The Morgan fingerprint density at radius 1 is 1.86 bits per heavy atom. The van der Waals surface area contributed by atoms with Gasteiger partial charge in [0.1, 0.15) is 5.50 Å². The van der Waals surface area contributed by atoms with Gasteiger partial charge < -0.3 is 0 Å². The van der Waals surface area contributed by atoms with E-state index in [2.05, 4.69) is 11.9 Å². The largest absolute Gasteiger partial charge is 0.266 e. The highest BCUT2D eigenvalue weighted by molar-refractivity contribution is 8.13. The van der Waals surface area contributed by atoms with Gasteiger partial charge in [-0.3, -0.25) is 4.99 Å². The van der Waals surface area contributed by atoms with E-state index in [-0.39, 0.29) is 5.50 Å². The third kappa shape index (κ3) is 1.10. The van der Waals surface area contributed by atoms with Gasteiger partial charge in [-0.15, -0.1) is 11.8 Å². The fourth-order valence-electron chi connectivity index (χ4n) is 0.375. The van der Waals surface area contributed by atoms with Crippen molar-refractivity contribution in [2.24, 2.45) is 4.99 Å². The first-order chi connectivity index (χ1) is 3.30. The lowest BCUT2D eigenvalue weighted by atomic mass is 10.5. The van der Waals surface area contributed by atoms with Gasteiger partial charge >= 0.3 is 0 Å². The summed E-state index contributed by atoms with van der Waals surface area (Å²) in [6, 6.07) is 0. The molecule has 0 bridgehead atoms. The number of thioether (sulfide) groups is 1. The maximum Gasteiger partial charge on any atom is 0.136 e. The maximum atomic E-state index is 5.64. The molecular formula is C4H6ClNS. The lowest BCUT2D eigenvalue weighted by Gasteiger charge is -1.99. The van der Waals surface area contributed by atoms with Crippen LogP contribution in [-0.4, -0.2) is 16.3 Å². The highest BCUT2D eigenvalue weighted by Crippen LogP contribution is 2.23.